The number of rotatable bonds is 5. The van der Waals surface area contributed by atoms with Crippen molar-refractivity contribution in [1.82, 2.24) is 15.0 Å². The molecule has 0 amide bonds. The first-order valence-electron chi connectivity index (χ1n) is 6.60. The number of aromatic nitrogens is 3. The van der Waals surface area contributed by atoms with E-state index >= 15 is 0 Å². The zero-order valence-electron chi connectivity index (χ0n) is 12.0. The largest absolute Gasteiger partial charge is 0.460 e. The summed E-state index contributed by atoms with van der Waals surface area (Å²) in [6, 6.07) is 3.74. The predicted octanol–water partition coefficient (Wildman–Crippen LogP) is 4.67. The van der Waals surface area contributed by atoms with Gasteiger partial charge in [0.1, 0.15) is 17.1 Å². The van der Waals surface area contributed by atoms with Crippen molar-refractivity contribution in [2.45, 2.75) is 16.6 Å². The highest BCUT2D eigenvalue weighted by Gasteiger charge is 2.11. The van der Waals surface area contributed by atoms with Gasteiger partial charge in [-0.15, -0.1) is 11.8 Å². The number of halogens is 2. The first kappa shape index (κ1) is 16.9. The molecule has 0 bridgehead atoms. The molecule has 3 aromatic heterocycles. The lowest BCUT2D eigenvalue weighted by Crippen LogP contribution is -1.98. The van der Waals surface area contributed by atoms with Crippen LogP contribution in [0.5, 0.6) is 0 Å². The molecule has 2 N–H and O–H groups in total. The van der Waals surface area contributed by atoms with Gasteiger partial charge in [0, 0.05) is 22.9 Å². The minimum Gasteiger partial charge on any atom is -0.460 e. The fourth-order valence-electron chi connectivity index (χ4n) is 1.98. The van der Waals surface area contributed by atoms with E-state index in [1.54, 1.807) is 35.9 Å². The van der Waals surface area contributed by atoms with Gasteiger partial charge in [0.05, 0.1) is 4.47 Å². The highest BCUT2D eigenvalue weighted by Crippen LogP contribution is 2.31. The third-order valence-electron chi connectivity index (χ3n) is 3.02. The predicted molar refractivity (Wildman–Crippen MR) is 99.4 cm³/mol. The fraction of sp³-hybridized carbons (Fsp3) is 0.214. The molecular formula is C14H12BrClN4OS2. The fourth-order valence-corrected chi connectivity index (χ4v) is 3.92. The van der Waals surface area contributed by atoms with Crippen molar-refractivity contribution in [2.24, 2.45) is 0 Å². The molecule has 0 fully saturated rings. The molecule has 3 heterocycles. The Morgan fingerprint density at radius 3 is 2.91 bits per heavy atom. The SMILES string of the molecule is CSc1cc(N)nc(SCCc2cc3c(Br)coc3c(Cl)n2)n1. The van der Waals surface area contributed by atoms with Crippen LogP contribution < -0.4 is 5.73 Å². The molecule has 9 heteroatoms. The second kappa shape index (κ2) is 7.29. The van der Waals surface area contributed by atoms with E-state index in [4.69, 9.17) is 21.8 Å². The molecule has 0 aliphatic rings. The van der Waals surface area contributed by atoms with Gasteiger partial charge < -0.3 is 10.2 Å². The summed E-state index contributed by atoms with van der Waals surface area (Å²) >= 11 is 12.7. The lowest BCUT2D eigenvalue weighted by Gasteiger charge is -2.04. The quantitative estimate of drug-likeness (QED) is 0.272. The van der Waals surface area contributed by atoms with E-state index in [0.29, 0.717) is 21.7 Å². The molecule has 0 saturated carbocycles. The summed E-state index contributed by atoms with van der Waals surface area (Å²) in [4.78, 5) is 13.0. The van der Waals surface area contributed by atoms with E-state index in [-0.39, 0.29) is 0 Å². The molecule has 0 aliphatic heterocycles. The Kier molecular flexibility index (Phi) is 5.35. The summed E-state index contributed by atoms with van der Waals surface area (Å²) in [6.45, 7) is 0. The Hall–Kier alpha value is -0.960. The maximum atomic E-state index is 6.16. The Morgan fingerprint density at radius 2 is 2.13 bits per heavy atom. The van der Waals surface area contributed by atoms with Crippen LogP contribution in [0.2, 0.25) is 5.15 Å². The molecule has 0 saturated heterocycles. The van der Waals surface area contributed by atoms with E-state index in [1.807, 2.05) is 12.3 Å². The topological polar surface area (TPSA) is 77.8 Å². The third-order valence-corrected chi connectivity index (χ3v) is 5.37. The Morgan fingerprint density at radius 1 is 1.30 bits per heavy atom. The van der Waals surface area contributed by atoms with E-state index in [1.165, 1.54) is 0 Å². The normalized spacial score (nSPS) is 11.3. The highest BCUT2D eigenvalue weighted by atomic mass is 79.9. The van der Waals surface area contributed by atoms with E-state index < -0.39 is 0 Å². The zero-order chi connectivity index (χ0) is 16.4. The Bertz CT molecular complexity index is 858. The molecule has 0 spiro atoms. The summed E-state index contributed by atoms with van der Waals surface area (Å²) in [5, 5.41) is 2.84. The van der Waals surface area contributed by atoms with Crippen molar-refractivity contribution in [2.75, 3.05) is 17.7 Å². The number of nitrogen functional groups attached to an aromatic ring is 1. The molecule has 0 unspecified atom stereocenters. The summed E-state index contributed by atoms with van der Waals surface area (Å²) < 4.78 is 6.23. The smallest absolute Gasteiger partial charge is 0.190 e. The van der Waals surface area contributed by atoms with Crippen molar-refractivity contribution in [3.05, 3.63) is 33.7 Å². The first-order valence-corrected chi connectivity index (χ1v) is 9.98. The van der Waals surface area contributed by atoms with Crippen LogP contribution in [0.3, 0.4) is 0 Å². The molecule has 3 aromatic rings. The maximum Gasteiger partial charge on any atom is 0.190 e. The first-order chi connectivity index (χ1) is 11.1. The average Bonchev–Trinajstić information content (AvgIpc) is 2.89. The van der Waals surface area contributed by atoms with E-state index in [9.17, 15) is 0 Å². The Balaban J connectivity index is 1.71. The number of thioether (sulfide) groups is 2. The number of pyridine rings is 1. The van der Waals surface area contributed by atoms with Gasteiger partial charge in [-0.2, -0.15) is 0 Å². The summed E-state index contributed by atoms with van der Waals surface area (Å²) in [5.41, 5.74) is 7.27. The van der Waals surface area contributed by atoms with Crippen molar-refractivity contribution >= 4 is 67.8 Å². The maximum absolute atomic E-state index is 6.16. The molecule has 3 rings (SSSR count). The monoisotopic (exact) mass is 430 g/mol. The Labute approximate surface area is 154 Å². The van der Waals surface area contributed by atoms with Crippen LogP contribution in [-0.2, 0) is 6.42 Å². The van der Waals surface area contributed by atoms with Gasteiger partial charge in [-0.3, -0.25) is 0 Å². The second-order valence-corrected chi connectivity index (χ2v) is 7.68. The van der Waals surface area contributed by atoms with Crippen LogP contribution >= 0.6 is 51.1 Å². The minimum absolute atomic E-state index is 0.373. The molecule has 0 radical (unpaired) electrons. The molecule has 120 valence electrons. The van der Waals surface area contributed by atoms with Gasteiger partial charge in [-0.05, 0) is 34.7 Å². The number of aryl methyl sites for hydroxylation is 1. The molecule has 23 heavy (non-hydrogen) atoms. The van der Waals surface area contributed by atoms with E-state index in [2.05, 4.69) is 30.9 Å². The lowest BCUT2D eigenvalue weighted by molar-refractivity contribution is 0.612. The molecule has 0 aliphatic carbocycles. The van der Waals surface area contributed by atoms with E-state index in [0.717, 1.165) is 32.8 Å². The van der Waals surface area contributed by atoms with Crippen LogP contribution in [0.1, 0.15) is 5.69 Å². The number of nitrogens with two attached hydrogens (primary N) is 1. The minimum atomic E-state index is 0.373. The highest BCUT2D eigenvalue weighted by molar-refractivity contribution is 9.10. The molecule has 5 nitrogen and oxygen atoms in total. The summed E-state index contributed by atoms with van der Waals surface area (Å²) in [5.74, 6) is 1.26. The number of nitrogens with zero attached hydrogens (tertiary/aromatic N) is 3. The van der Waals surface area contributed by atoms with Gasteiger partial charge in [-0.25, -0.2) is 15.0 Å². The number of anilines is 1. The van der Waals surface area contributed by atoms with Crippen LogP contribution in [0.25, 0.3) is 11.0 Å². The van der Waals surface area contributed by atoms with Gasteiger partial charge in [-0.1, -0.05) is 23.4 Å². The van der Waals surface area contributed by atoms with Crippen LogP contribution in [0.4, 0.5) is 5.82 Å². The van der Waals surface area contributed by atoms with Gasteiger partial charge in [0.25, 0.3) is 0 Å². The number of fused-ring (bicyclic) bond motifs is 1. The van der Waals surface area contributed by atoms with Crippen molar-refractivity contribution in [3.63, 3.8) is 0 Å². The third kappa shape index (κ3) is 3.93. The van der Waals surface area contributed by atoms with Crippen molar-refractivity contribution in [1.29, 1.82) is 0 Å². The van der Waals surface area contributed by atoms with Crippen molar-refractivity contribution in [3.8, 4) is 0 Å². The number of hydrogen-bond donors (Lipinski definition) is 1. The van der Waals surface area contributed by atoms with Crippen LogP contribution in [-0.4, -0.2) is 27.0 Å². The summed E-state index contributed by atoms with van der Waals surface area (Å²) in [7, 11) is 0. The number of hydrogen-bond acceptors (Lipinski definition) is 7. The molecule has 0 atom stereocenters. The molecule has 0 aromatic carbocycles. The number of furan rings is 1. The lowest BCUT2D eigenvalue weighted by atomic mass is 10.2. The van der Waals surface area contributed by atoms with Crippen LogP contribution in [0, 0.1) is 0 Å². The molecular weight excluding hydrogens is 420 g/mol. The average molecular weight is 432 g/mol. The van der Waals surface area contributed by atoms with Gasteiger partial charge in [0.15, 0.2) is 15.9 Å². The standard InChI is InChI=1S/C14H12BrClN4OS2/c1-22-11-5-10(17)19-14(20-11)23-3-2-7-4-8-9(15)6-21-12(8)13(16)18-7/h4-6H,2-3H2,1H3,(H2,17,19,20). The summed E-state index contributed by atoms with van der Waals surface area (Å²) in [6.07, 6.45) is 4.31. The second-order valence-electron chi connectivity index (χ2n) is 4.58. The van der Waals surface area contributed by atoms with Crippen molar-refractivity contribution < 1.29 is 4.42 Å². The van der Waals surface area contributed by atoms with Gasteiger partial charge in [0.2, 0.25) is 0 Å². The zero-order valence-corrected chi connectivity index (χ0v) is 16.0. The van der Waals surface area contributed by atoms with Crippen LogP contribution in [0.15, 0.2) is 37.5 Å². The van der Waals surface area contributed by atoms with Gasteiger partial charge >= 0.3 is 0 Å².